The van der Waals surface area contributed by atoms with Gasteiger partial charge in [-0.05, 0) is 81.1 Å². The summed E-state index contributed by atoms with van der Waals surface area (Å²) in [5.41, 5.74) is 13.0. The minimum absolute atomic E-state index is 0.897. The van der Waals surface area contributed by atoms with Gasteiger partial charge >= 0.3 is 0 Å². The SMILES string of the molecule is c1ccc(-c2ccc3oc4c(-c5ccc(-c6ccc(-n7c(-c8ccccc8)nc8ccccc87)cc6)cc5)c5ccccc5cc4c3c2)cc1. The van der Waals surface area contributed by atoms with Crippen LogP contribution in [0.25, 0.3) is 94.2 Å². The van der Waals surface area contributed by atoms with Crippen LogP contribution < -0.4 is 0 Å². The van der Waals surface area contributed by atoms with E-state index in [1.54, 1.807) is 0 Å². The Morgan fingerprint density at radius 1 is 0.420 bits per heavy atom. The van der Waals surface area contributed by atoms with Crippen LogP contribution in [-0.4, -0.2) is 9.55 Å². The highest BCUT2D eigenvalue weighted by molar-refractivity contribution is 6.18. The van der Waals surface area contributed by atoms with Crippen LogP contribution in [0.3, 0.4) is 0 Å². The first-order valence-electron chi connectivity index (χ1n) is 17.0. The second kappa shape index (κ2) is 11.5. The van der Waals surface area contributed by atoms with Gasteiger partial charge in [-0.1, -0.05) is 140 Å². The van der Waals surface area contributed by atoms with Gasteiger partial charge in [-0.2, -0.15) is 0 Å². The summed E-state index contributed by atoms with van der Waals surface area (Å²) in [4.78, 5) is 5.01. The summed E-state index contributed by atoms with van der Waals surface area (Å²) in [6, 6.07) is 64.3. The highest BCUT2D eigenvalue weighted by Crippen LogP contribution is 2.42. The molecule has 0 N–H and O–H groups in total. The summed E-state index contributed by atoms with van der Waals surface area (Å²) in [5, 5.41) is 4.64. The fraction of sp³-hybridized carbons (Fsp3) is 0. The lowest BCUT2D eigenvalue weighted by molar-refractivity contribution is 0.670. The molecule has 3 nitrogen and oxygen atoms in total. The molecule has 2 aromatic heterocycles. The molecular weight excluding hydrogens is 609 g/mol. The monoisotopic (exact) mass is 638 g/mol. The van der Waals surface area contributed by atoms with E-state index in [0.717, 1.165) is 72.3 Å². The molecule has 0 saturated carbocycles. The minimum Gasteiger partial charge on any atom is -0.455 e. The molecule has 8 aromatic carbocycles. The second-order valence-electron chi connectivity index (χ2n) is 12.8. The average molecular weight is 639 g/mol. The summed E-state index contributed by atoms with van der Waals surface area (Å²) < 4.78 is 8.91. The van der Waals surface area contributed by atoms with Crippen LogP contribution in [-0.2, 0) is 0 Å². The molecule has 0 saturated heterocycles. The van der Waals surface area contributed by atoms with Crippen molar-refractivity contribution in [3.63, 3.8) is 0 Å². The zero-order valence-electron chi connectivity index (χ0n) is 27.1. The zero-order chi connectivity index (χ0) is 33.0. The first kappa shape index (κ1) is 28.3. The lowest BCUT2D eigenvalue weighted by atomic mass is 9.93. The third kappa shape index (κ3) is 4.63. The van der Waals surface area contributed by atoms with Gasteiger partial charge in [0.2, 0.25) is 0 Å². The van der Waals surface area contributed by atoms with Crippen molar-refractivity contribution in [2.75, 3.05) is 0 Å². The van der Waals surface area contributed by atoms with Gasteiger partial charge < -0.3 is 4.42 Å². The van der Waals surface area contributed by atoms with Gasteiger partial charge in [-0.25, -0.2) is 4.98 Å². The number of hydrogen-bond donors (Lipinski definition) is 0. The highest BCUT2D eigenvalue weighted by atomic mass is 16.3. The summed E-state index contributed by atoms with van der Waals surface area (Å²) >= 11 is 0. The van der Waals surface area contributed by atoms with E-state index in [-0.39, 0.29) is 0 Å². The minimum atomic E-state index is 0.897. The third-order valence-electron chi connectivity index (χ3n) is 9.82. The Balaban J connectivity index is 1.05. The molecule has 0 spiro atoms. The fourth-order valence-electron chi connectivity index (χ4n) is 7.37. The lowest BCUT2D eigenvalue weighted by Gasteiger charge is -2.12. The lowest BCUT2D eigenvalue weighted by Crippen LogP contribution is -1.97. The van der Waals surface area contributed by atoms with Crippen LogP contribution in [0.1, 0.15) is 0 Å². The van der Waals surface area contributed by atoms with Crippen molar-refractivity contribution >= 4 is 43.7 Å². The Bertz CT molecular complexity index is 2830. The molecule has 0 aliphatic carbocycles. The maximum atomic E-state index is 6.67. The van der Waals surface area contributed by atoms with Crippen LogP contribution in [0.15, 0.2) is 186 Å². The molecule has 0 aliphatic rings. The number of imidazole rings is 1. The maximum Gasteiger partial charge on any atom is 0.145 e. The van der Waals surface area contributed by atoms with Gasteiger partial charge in [0.05, 0.1) is 11.0 Å². The molecule has 0 bridgehead atoms. The van der Waals surface area contributed by atoms with Crippen molar-refractivity contribution < 1.29 is 4.42 Å². The smallest absolute Gasteiger partial charge is 0.145 e. The van der Waals surface area contributed by atoms with Gasteiger partial charge in [0.15, 0.2) is 0 Å². The Labute approximate surface area is 289 Å². The predicted octanol–water partition coefficient (Wildman–Crippen LogP) is 12.7. The van der Waals surface area contributed by atoms with Gasteiger partial charge in [-0.3, -0.25) is 4.57 Å². The van der Waals surface area contributed by atoms with E-state index >= 15 is 0 Å². The van der Waals surface area contributed by atoms with Crippen molar-refractivity contribution in [2.45, 2.75) is 0 Å². The Hall–Kier alpha value is -6.71. The highest BCUT2D eigenvalue weighted by Gasteiger charge is 2.18. The molecule has 3 heteroatoms. The largest absolute Gasteiger partial charge is 0.455 e. The van der Waals surface area contributed by atoms with Gasteiger partial charge in [0, 0.05) is 27.6 Å². The molecular formula is C47H30N2O. The quantitative estimate of drug-likeness (QED) is 0.188. The Morgan fingerprint density at radius 2 is 1.02 bits per heavy atom. The molecule has 234 valence electrons. The zero-order valence-corrected chi connectivity index (χ0v) is 27.1. The van der Waals surface area contributed by atoms with Gasteiger partial charge in [0.25, 0.3) is 0 Å². The van der Waals surface area contributed by atoms with Crippen LogP contribution in [0, 0.1) is 0 Å². The molecule has 0 radical (unpaired) electrons. The van der Waals surface area contributed by atoms with Crippen molar-refractivity contribution in [3.05, 3.63) is 182 Å². The Kier molecular flexibility index (Phi) is 6.49. The number of nitrogens with zero attached hydrogens (tertiary/aromatic N) is 2. The molecule has 2 heterocycles. The summed E-state index contributed by atoms with van der Waals surface area (Å²) in [6.07, 6.45) is 0. The summed E-state index contributed by atoms with van der Waals surface area (Å²) in [7, 11) is 0. The molecule has 0 unspecified atom stereocenters. The van der Waals surface area contributed by atoms with E-state index in [1.165, 1.54) is 21.9 Å². The number of fused-ring (bicyclic) bond motifs is 5. The van der Waals surface area contributed by atoms with Crippen LogP contribution in [0.4, 0.5) is 0 Å². The number of para-hydroxylation sites is 2. The Morgan fingerprint density at radius 3 is 1.80 bits per heavy atom. The van der Waals surface area contributed by atoms with Crippen molar-refractivity contribution in [1.82, 2.24) is 9.55 Å². The van der Waals surface area contributed by atoms with E-state index < -0.39 is 0 Å². The standard InChI is InChI=1S/C47H30N2O/c1-3-11-31(12-4-1)36-25-28-44-40(29-36)41-30-37-15-7-8-16-39(37)45(46(41)50-44)34-21-19-32(20-22-34)33-23-26-38(27-24-33)49-43-18-10-9-17-42(43)48-47(49)35-13-5-2-6-14-35/h1-30H. The molecule has 0 fully saturated rings. The average Bonchev–Trinajstić information content (AvgIpc) is 3.76. The van der Waals surface area contributed by atoms with E-state index in [4.69, 9.17) is 9.40 Å². The molecule has 10 aromatic rings. The van der Waals surface area contributed by atoms with E-state index in [1.807, 2.05) is 12.1 Å². The molecule has 50 heavy (non-hydrogen) atoms. The van der Waals surface area contributed by atoms with E-state index in [0.29, 0.717) is 0 Å². The van der Waals surface area contributed by atoms with Crippen molar-refractivity contribution in [2.24, 2.45) is 0 Å². The van der Waals surface area contributed by atoms with Crippen LogP contribution >= 0.6 is 0 Å². The molecule has 0 aliphatic heterocycles. The molecule has 10 rings (SSSR count). The summed E-state index contributed by atoms with van der Waals surface area (Å²) in [5.74, 6) is 0.937. The van der Waals surface area contributed by atoms with Gasteiger partial charge in [0.1, 0.15) is 17.0 Å². The van der Waals surface area contributed by atoms with Crippen molar-refractivity contribution in [3.8, 4) is 50.5 Å². The number of benzene rings is 8. The number of aromatic nitrogens is 2. The second-order valence-corrected chi connectivity index (χ2v) is 12.8. The van der Waals surface area contributed by atoms with E-state index in [9.17, 15) is 0 Å². The van der Waals surface area contributed by atoms with Gasteiger partial charge in [-0.15, -0.1) is 0 Å². The predicted molar refractivity (Wildman–Crippen MR) is 208 cm³/mol. The fourth-order valence-corrected chi connectivity index (χ4v) is 7.37. The molecule has 0 amide bonds. The van der Waals surface area contributed by atoms with Crippen LogP contribution in [0.5, 0.6) is 0 Å². The third-order valence-corrected chi connectivity index (χ3v) is 9.82. The summed E-state index contributed by atoms with van der Waals surface area (Å²) in [6.45, 7) is 0. The first-order chi connectivity index (χ1) is 24.8. The van der Waals surface area contributed by atoms with Crippen molar-refractivity contribution in [1.29, 1.82) is 0 Å². The number of rotatable bonds is 5. The molecule has 0 atom stereocenters. The first-order valence-corrected chi connectivity index (χ1v) is 17.0. The van der Waals surface area contributed by atoms with E-state index in [2.05, 4.69) is 174 Å². The number of hydrogen-bond acceptors (Lipinski definition) is 2. The van der Waals surface area contributed by atoms with Crippen LogP contribution in [0.2, 0.25) is 0 Å². The number of furan rings is 1. The normalized spacial score (nSPS) is 11.6. The maximum absolute atomic E-state index is 6.67. The topological polar surface area (TPSA) is 31.0 Å².